The molecule has 0 radical (unpaired) electrons. The summed E-state index contributed by atoms with van der Waals surface area (Å²) >= 11 is 0. The maximum Gasteiger partial charge on any atom is 0.0791 e. The molecule has 1 saturated heterocycles. The Labute approximate surface area is 374 Å². The van der Waals surface area contributed by atoms with Gasteiger partial charge < -0.3 is 32.3 Å². The topological polar surface area (TPSA) is 123 Å². The average molecular weight is 847 g/mol. The average Bonchev–Trinajstić information content (AvgIpc) is 3.25. The first-order chi connectivity index (χ1) is 29.5. The summed E-state index contributed by atoms with van der Waals surface area (Å²) in [4.78, 5) is 4.77. The molecular formula is C52H106N6O2. The number of piperazine rings is 1. The minimum Gasteiger partial charge on any atom is -0.390 e. The van der Waals surface area contributed by atoms with Gasteiger partial charge in [0.05, 0.1) is 12.2 Å². The van der Waals surface area contributed by atoms with Gasteiger partial charge >= 0.3 is 0 Å². The minimum absolute atomic E-state index is 0.349. The molecule has 60 heavy (non-hydrogen) atoms. The number of hydrogen-bond acceptors (Lipinski definition) is 8. The lowest BCUT2D eigenvalue weighted by atomic mass is 9.92. The molecule has 1 fully saturated rings. The molecule has 0 saturated carbocycles. The van der Waals surface area contributed by atoms with E-state index in [9.17, 15) is 10.2 Å². The van der Waals surface area contributed by atoms with Crippen molar-refractivity contribution in [1.29, 1.82) is 0 Å². The summed E-state index contributed by atoms with van der Waals surface area (Å²) < 4.78 is 0. The van der Waals surface area contributed by atoms with Gasteiger partial charge in [-0.05, 0) is 128 Å². The molecule has 0 bridgehead atoms. The first-order valence-electron chi connectivity index (χ1n) is 26.4. The number of aliphatic hydroxyl groups is 2. The van der Waals surface area contributed by atoms with Crippen LogP contribution in [0.25, 0.3) is 0 Å². The van der Waals surface area contributed by atoms with E-state index in [-0.39, 0.29) is 12.2 Å². The van der Waals surface area contributed by atoms with Crippen molar-refractivity contribution in [1.82, 2.24) is 20.4 Å². The Morgan fingerprint density at radius 2 is 0.750 bits per heavy atom. The number of unbranched alkanes of at least 4 members (excludes halogenated alkanes) is 18. The quantitative estimate of drug-likeness (QED) is 0.0265. The molecule has 0 aromatic rings. The zero-order chi connectivity index (χ0) is 43.4. The molecule has 0 aromatic carbocycles. The second kappa shape index (κ2) is 44.8. The van der Waals surface area contributed by atoms with Crippen molar-refractivity contribution in [3.63, 3.8) is 0 Å². The van der Waals surface area contributed by atoms with Crippen LogP contribution in [-0.2, 0) is 0 Å². The summed E-state index contributed by atoms with van der Waals surface area (Å²) in [6, 6.07) is 0. The molecule has 8 N–H and O–H groups in total. The fourth-order valence-corrected chi connectivity index (χ4v) is 9.01. The minimum atomic E-state index is -0.349. The third-order valence-electron chi connectivity index (χ3n) is 13.0. The smallest absolute Gasteiger partial charge is 0.0791 e. The molecule has 4 unspecified atom stereocenters. The first kappa shape index (κ1) is 57.2. The van der Waals surface area contributed by atoms with E-state index in [1.807, 2.05) is 0 Å². The van der Waals surface area contributed by atoms with Crippen molar-refractivity contribution < 1.29 is 10.2 Å². The molecule has 8 heteroatoms. The lowest BCUT2D eigenvalue weighted by Crippen LogP contribution is -2.52. The van der Waals surface area contributed by atoms with Crippen LogP contribution in [0.5, 0.6) is 0 Å². The van der Waals surface area contributed by atoms with E-state index in [2.05, 4.69) is 58.6 Å². The number of aliphatic hydroxyl groups excluding tert-OH is 2. The van der Waals surface area contributed by atoms with Crippen molar-refractivity contribution in [2.24, 2.45) is 23.3 Å². The number of nitrogens with two attached hydrogens (primary N) is 2. The Bertz CT molecular complexity index is 841. The lowest BCUT2D eigenvalue weighted by Gasteiger charge is -2.36. The van der Waals surface area contributed by atoms with Gasteiger partial charge in [-0.15, -0.1) is 0 Å². The van der Waals surface area contributed by atoms with Crippen molar-refractivity contribution in [2.75, 3.05) is 78.5 Å². The molecular weight excluding hydrogens is 741 g/mol. The van der Waals surface area contributed by atoms with E-state index < -0.39 is 0 Å². The van der Waals surface area contributed by atoms with Gasteiger partial charge in [-0.2, -0.15) is 0 Å². The first-order valence-corrected chi connectivity index (χ1v) is 26.4. The van der Waals surface area contributed by atoms with Crippen LogP contribution in [0.2, 0.25) is 0 Å². The number of hydrogen-bond donors (Lipinski definition) is 6. The van der Waals surface area contributed by atoms with Crippen molar-refractivity contribution in [3.8, 4) is 0 Å². The van der Waals surface area contributed by atoms with Crippen molar-refractivity contribution in [3.05, 3.63) is 24.3 Å². The van der Waals surface area contributed by atoms with Crippen LogP contribution >= 0.6 is 0 Å². The highest BCUT2D eigenvalue weighted by atomic mass is 16.3. The number of allylic oxidation sites excluding steroid dienone is 4. The molecule has 0 aromatic heterocycles. The molecule has 0 aliphatic carbocycles. The summed E-state index contributed by atoms with van der Waals surface area (Å²) in [5.74, 6) is 1.46. The van der Waals surface area contributed by atoms with Gasteiger partial charge in [0.25, 0.3) is 0 Å². The molecule has 356 valence electrons. The molecule has 0 amide bonds. The normalized spacial score (nSPS) is 16.4. The van der Waals surface area contributed by atoms with Gasteiger partial charge in [-0.3, -0.25) is 9.80 Å². The van der Waals surface area contributed by atoms with Gasteiger partial charge in [0.2, 0.25) is 0 Å². The highest BCUT2D eigenvalue weighted by molar-refractivity contribution is 4.83. The predicted molar refractivity (Wildman–Crippen MR) is 264 cm³/mol. The molecule has 1 aliphatic heterocycles. The molecule has 1 aliphatic rings. The van der Waals surface area contributed by atoms with Crippen LogP contribution in [-0.4, -0.2) is 111 Å². The van der Waals surface area contributed by atoms with Crippen LogP contribution in [0.4, 0.5) is 0 Å². The van der Waals surface area contributed by atoms with Gasteiger partial charge in [0.15, 0.2) is 0 Å². The number of nitrogens with one attached hydrogen (secondary N) is 2. The monoisotopic (exact) mass is 847 g/mol. The summed E-state index contributed by atoms with van der Waals surface area (Å²) in [7, 11) is 0. The standard InChI is InChI=1S/C52H106N6O2/c1-3-5-7-9-11-13-15-17-19-21-23-25-27-31-49(33-29-37-53)35-39-55-45-51(59)47-57-41-43-58(44-42-57)48-52(60)46-56-40-36-50(34-30-38-54)32-28-26-24-22-20-18-16-14-12-10-8-6-4-2/h17-20,49-52,55-56,59-60H,3-16,21-48,53-54H2,1-2H3/b19-17-,20-18-. The van der Waals surface area contributed by atoms with Gasteiger partial charge in [0.1, 0.15) is 0 Å². The van der Waals surface area contributed by atoms with Crippen molar-refractivity contribution in [2.45, 2.75) is 219 Å². The number of nitrogens with zero attached hydrogens (tertiary/aromatic N) is 2. The number of rotatable bonds is 46. The number of β-amino-alcohol motifs (C(OH)–C–C–N with tert-alkyl or cyclic N) is 2. The van der Waals surface area contributed by atoms with Gasteiger partial charge in [-0.25, -0.2) is 0 Å². The highest BCUT2D eigenvalue weighted by Gasteiger charge is 2.21. The maximum absolute atomic E-state index is 10.8. The molecule has 1 rings (SSSR count). The van der Waals surface area contributed by atoms with Crippen molar-refractivity contribution >= 4 is 0 Å². The third kappa shape index (κ3) is 37.7. The maximum atomic E-state index is 10.8. The Kier molecular flexibility index (Phi) is 42.6. The molecule has 4 atom stereocenters. The van der Waals surface area contributed by atoms with Gasteiger partial charge in [0, 0.05) is 52.4 Å². The van der Waals surface area contributed by atoms with Gasteiger partial charge in [-0.1, -0.05) is 141 Å². The van der Waals surface area contributed by atoms with Crippen LogP contribution in [0.1, 0.15) is 206 Å². The van der Waals surface area contributed by atoms with Crippen LogP contribution < -0.4 is 22.1 Å². The Morgan fingerprint density at radius 3 is 1.10 bits per heavy atom. The third-order valence-corrected chi connectivity index (χ3v) is 13.0. The summed E-state index contributed by atoms with van der Waals surface area (Å²) in [5, 5.41) is 28.7. The van der Waals surface area contributed by atoms with E-state index in [1.54, 1.807) is 0 Å². The van der Waals surface area contributed by atoms with Crippen LogP contribution in [0.15, 0.2) is 24.3 Å². The molecule has 8 nitrogen and oxygen atoms in total. The van der Waals surface area contributed by atoms with Crippen LogP contribution in [0, 0.1) is 11.8 Å². The lowest BCUT2D eigenvalue weighted by molar-refractivity contribution is 0.0487. The van der Waals surface area contributed by atoms with E-state index in [1.165, 1.54) is 180 Å². The molecule has 0 spiro atoms. The fourth-order valence-electron chi connectivity index (χ4n) is 9.01. The highest BCUT2D eigenvalue weighted by Crippen LogP contribution is 2.21. The zero-order valence-electron chi connectivity index (χ0n) is 40.3. The fraction of sp³-hybridized carbons (Fsp3) is 0.923. The summed E-state index contributed by atoms with van der Waals surface area (Å²) in [6.07, 6.45) is 48.0. The summed E-state index contributed by atoms with van der Waals surface area (Å²) in [5.41, 5.74) is 11.7. The van der Waals surface area contributed by atoms with E-state index in [0.717, 1.165) is 90.1 Å². The SMILES string of the molecule is CCCCCCCC/C=C\CCCCCC(CCCN)CCNCC(O)CN1CCN(CC(O)CNCCC(CCCN)CCCCC/C=C\CCCCCCCC)CC1. The van der Waals surface area contributed by atoms with E-state index in [0.29, 0.717) is 13.1 Å². The second-order valence-electron chi connectivity index (χ2n) is 18.8. The second-order valence-corrected chi connectivity index (χ2v) is 18.8. The van der Waals surface area contributed by atoms with Crippen LogP contribution in [0.3, 0.4) is 0 Å². The zero-order valence-corrected chi connectivity index (χ0v) is 40.3. The Balaban J connectivity index is 2.11. The summed E-state index contributed by atoms with van der Waals surface area (Å²) in [6.45, 7) is 14.6. The predicted octanol–water partition coefficient (Wildman–Crippen LogP) is 10.5. The molecule has 1 heterocycles. The van der Waals surface area contributed by atoms with E-state index >= 15 is 0 Å². The Morgan fingerprint density at radius 1 is 0.433 bits per heavy atom. The Hall–Kier alpha value is -0.840. The largest absolute Gasteiger partial charge is 0.390 e. The van der Waals surface area contributed by atoms with E-state index in [4.69, 9.17) is 11.5 Å².